The summed E-state index contributed by atoms with van der Waals surface area (Å²) >= 11 is 2.63. The summed E-state index contributed by atoms with van der Waals surface area (Å²) in [5.41, 5.74) is 2.65. The molecule has 0 aliphatic carbocycles. The van der Waals surface area contributed by atoms with Crippen LogP contribution in [0.25, 0.3) is 10.2 Å². The molecule has 5 rings (SSSR count). The lowest BCUT2D eigenvalue weighted by molar-refractivity contribution is -0.117. The standard InChI is InChI=1S/C27H22N2O4S2/c1-3-13-33-18-10-8-17(9-11-18)23-22(24(30)20-6-5-14-34-20)25(31)26(32)29(23)27-28-19-12-7-16(4-2)15-21(19)35-27/h3,5-12,14-15,23,31H,1,4,13H2,2H3. The molecule has 0 saturated heterocycles. The van der Waals surface area contributed by atoms with Crippen molar-refractivity contribution in [3.05, 3.63) is 100.0 Å². The third kappa shape index (κ3) is 4.15. The Morgan fingerprint density at radius 3 is 2.71 bits per heavy atom. The second-order valence-electron chi connectivity index (χ2n) is 7.97. The van der Waals surface area contributed by atoms with E-state index in [4.69, 9.17) is 4.74 Å². The third-order valence-corrected chi connectivity index (χ3v) is 7.70. The Kier molecular flexibility index (Phi) is 6.23. The minimum Gasteiger partial charge on any atom is -0.503 e. The molecule has 0 bridgehead atoms. The van der Waals surface area contributed by atoms with Crippen LogP contribution in [0, 0.1) is 0 Å². The number of amides is 1. The molecule has 0 spiro atoms. The van der Waals surface area contributed by atoms with Crippen LogP contribution in [0.1, 0.15) is 33.8 Å². The quantitative estimate of drug-likeness (QED) is 0.227. The molecule has 0 saturated carbocycles. The zero-order chi connectivity index (χ0) is 24.5. The molecule has 1 N–H and O–H groups in total. The molecule has 1 aliphatic heterocycles. The number of thiazole rings is 1. The van der Waals surface area contributed by atoms with Gasteiger partial charge < -0.3 is 9.84 Å². The van der Waals surface area contributed by atoms with Gasteiger partial charge in [0.15, 0.2) is 10.9 Å². The normalized spacial score (nSPS) is 15.7. The number of fused-ring (bicyclic) bond motifs is 1. The number of aryl methyl sites for hydroxylation is 1. The smallest absolute Gasteiger partial charge is 0.296 e. The van der Waals surface area contributed by atoms with Crippen molar-refractivity contribution in [2.24, 2.45) is 0 Å². The molecule has 8 heteroatoms. The number of thiophene rings is 1. The number of Topliss-reactive ketones (excluding diaryl/α,β-unsaturated/α-hetero) is 1. The summed E-state index contributed by atoms with van der Waals surface area (Å²) < 4.78 is 6.53. The fourth-order valence-corrected chi connectivity index (χ4v) is 5.81. The van der Waals surface area contributed by atoms with Crippen LogP contribution in [-0.4, -0.2) is 28.4 Å². The van der Waals surface area contributed by atoms with Gasteiger partial charge in [-0.15, -0.1) is 11.3 Å². The highest BCUT2D eigenvalue weighted by Gasteiger charge is 2.46. The fraction of sp³-hybridized carbons (Fsp3) is 0.148. The van der Waals surface area contributed by atoms with E-state index in [1.54, 1.807) is 47.9 Å². The van der Waals surface area contributed by atoms with E-state index in [0.717, 1.165) is 16.6 Å². The minimum absolute atomic E-state index is 0.0470. The molecular weight excluding hydrogens is 480 g/mol. The van der Waals surface area contributed by atoms with E-state index >= 15 is 0 Å². The van der Waals surface area contributed by atoms with Gasteiger partial charge in [0.25, 0.3) is 5.91 Å². The molecule has 6 nitrogen and oxygen atoms in total. The van der Waals surface area contributed by atoms with Gasteiger partial charge in [0, 0.05) is 0 Å². The van der Waals surface area contributed by atoms with Gasteiger partial charge in [-0.25, -0.2) is 4.98 Å². The number of hydrogen-bond donors (Lipinski definition) is 1. The predicted octanol–water partition coefficient (Wildman–Crippen LogP) is 6.27. The Labute approximate surface area is 210 Å². The Balaban J connectivity index is 1.62. The number of ether oxygens (including phenoxy) is 1. The average Bonchev–Trinajstić information content (AvgIpc) is 3.61. The van der Waals surface area contributed by atoms with Gasteiger partial charge in [0.1, 0.15) is 12.4 Å². The van der Waals surface area contributed by atoms with Gasteiger partial charge in [0.2, 0.25) is 5.78 Å². The van der Waals surface area contributed by atoms with Crippen molar-refractivity contribution in [2.45, 2.75) is 19.4 Å². The van der Waals surface area contributed by atoms with Gasteiger partial charge in [-0.1, -0.05) is 55.2 Å². The van der Waals surface area contributed by atoms with Crippen LogP contribution in [0.3, 0.4) is 0 Å². The van der Waals surface area contributed by atoms with E-state index < -0.39 is 17.7 Å². The number of aliphatic hydroxyl groups excluding tert-OH is 1. The Hall–Kier alpha value is -3.75. The molecule has 3 heterocycles. The number of carbonyl (C=O) groups is 2. The number of carbonyl (C=O) groups excluding carboxylic acids is 2. The zero-order valence-electron chi connectivity index (χ0n) is 18.9. The lowest BCUT2D eigenvalue weighted by atomic mass is 9.95. The van der Waals surface area contributed by atoms with E-state index in [0.29, 0.717) is 27.9 Å². The van der Waals surface area contributed by atoms with Crippen LogP contribution in [0.15, 0.2) is 84.0 Å². The number of hydrogen-bond acceptors (Lipinski definition) is 7. The van der Waals surface area contributed by atoms with Crippen molar-refractivity contribution < 1.29 is 19.4 Å². The molecular formula is C27H22N2O4S2. The van der Waals surface area contributed by atoms with E-state index in [2.05, 4.69) is 24.6 Å². The van der Waals surface area contributed by atoms with Gasteiger partial charge in [-0.05, 0) is 53.3 Å². The molecule has 1 amide bonds. The summed E-state index contributed by atoms with van der Waals surface area (Å²) in [6.45, 7) is 6.10. The summed E-state index contributed by atoms with van der Waals surface area (Å²) in [5, 5.41) is 13.1. The third-order valence-electron chi connectivity index (χ3n) is 5.82. The molecule has 1 aliphatic rings. The minimum atomic E-state index is -0.822. The summed E-state index contributed by atoms with van der Waals surface area (Å²) in [7, 11) is 0. The fourth-order valence-electron chi connectivity index (χ4n) is 4.07. The number of benzene rings is 2. The molecule has 176 valence electrons. The van der Waals surface area contributed by atoms with Gasteiger partial charge in [-0.2, -0.15) is 0 Å². The first-order valence-electron chi connectivity index (χ1n) is 11.1. The summed E-state index contributed by atoms with van der Waals surface area (Å²) in [4.78, 5) is 33.4. The molecule has 4 aromatic rings. The van der Waals surface area contributed by atoms with Gasteiger partial charge in [0.05, 0.1) is 26.7 Å². The number of aromatic nitrogens is 1. The van der Waals surface area contributed by atoms with Crippen molar-refractivity contribution in [3.63, 3.8) is 0 Å². The van der Waals surface area contributed by atoms with Crippen molar-refractivity contribution in [1.82, 2.24) is 4.98 Å². The predicted molar refractivity (Wildman–Crippen MR) is 140 cm³/mol. The topological polar surface area (TPSA) is 79.7 Å². The first kappa shape index (κ1) is 23.0. The first-order chi connectivity index (χ1) is 17.0. The number of nitrogens with zero attached hydrogens (tertiary/aromatic N) is 2. The Morgan fingerprint density at radius 2 is 2.03 bits per heavy atom. The van der Waals surface area contributed by atoms with E-state index in [-0.39, 0.29) is 11.4 Å². The van der Waals surface area contributed by atoms with Crippen LogP contribution in [0.4, 0.5) is 5.13 Å². The van der Waals surface area contributed by atoms with Gasteiger partial charge in [-0.3, -0.25) is 14.5 Å². The van der Waals surface area contributed by atoms with E-state index in [9.17, 15) is 14.7 Å². The van der Waals surface area contributed by atoms with Crippen molar-refractivity contribution in [3.8, 4) is 5.75 Å². The summed E-state index contributed by atoms with van der Waals surface area (Å²) in [6, 6.07) is 15.8. The second kappa shape index (κ2) is 9.48. The lowest BCUT2D eigenvalue weighted by Crippen LogP contribution is -2.30. The van der Waals surface area contributed by atoms with Gasteiger partial charge >= 0.3 is 0 Å². The number of ketones is 1. The van der Waals surface area contributed by atoms with Crippen molar-refractivity contribution in [2.75, 3.05) is 11.5 Å². The van der Waals surface area contributed by atoms with Crippen molar-refractivity contribution in [1.29, 1.82) is 0 Å². The molecule has 2 aromatic heterocycles. The highest BCUT2D eigenvalue weighted by atomic mass is 32.1. The van der Waals surface area contributed by atoms with Crippen molar-refractivity contribution >= 4 is 49.7 Å². The summed E-state index contributed by atoms with van der Waals surface area (Å²) in [5.74, 6) is -0.929. The Bertz CT molecular complexity index is 1450. The van der Waals surface area contributed by atoms with Crippen LogP contribution < -0.4 is 9.64 Å². The molecule has 1 atom stereocenters. The second-order valence-corrected chi connectivity index (χ2v) is 9.92. The van der Waals surface area contributed by atoms with E-state index in [1.807, 2.05) is 12.1 Å². The van der Waals surface area contributed by atoms with Crippen LogP contribution in [0.5, 0.6) is 5.75 Å². The lowest BCUT2D eigenvalue weighted by Gasteiger charge is -2.24. The maximum Gasteiger partial charge on any atom is 0.296 e. The molecule has 1 unspecified atom stereocenters. The summed E-state index contributed by atoms with van der Waals surface area (Å²) in [6.07, 6.45) is 2.54. The number of rotatable bonds is 8. The van der Waals surface area contributed by atoms with Crippen LogP contribution >= 0.6 is 22.7 Å². The molecule has 0 radical (unpaired) electrons. The highest BCUT2D eigenvalue weighted by Crippen LogP contribution is 2.44. The monoisotopic (exact) mass is 502 g/mol. The molecule has 2 aromatic carbocycles. The molecule has 0 fully saturated rings. The highest BCUT2D eigenvalue weighted by molar-refractivity contribution is 7.22. The van der Waals surface area contributed by atoms with Crippen LogP contribution in [-0.2, 0) is 11.2 Å². The maximum absolute atomic E-state index is 13.4. The zero-order valence-corrected chi connectivity index (χ0v) is 20.6. The number of aliphatic hydroxyl groups is 1. The maximum atomic E-state index is 13.4. The Morgan fingerprint density at radius 1 is 1.23 bits per heavy atom. The largest absolute Gasteiger partial charge is 0.503 e. The SMILES string of the molecule is C=CCOc1ccc(C2C(C(=O)c3cccs3)=C(O)C(=O)N2c2nc3ccc(CC)cc3s2)cc1. The van der Waals surface area contributed by atoms with Crippen LogP contribution in [0.2, 0.25) is 0 Å². The molecule has 35 heavy (non-hydrogen) atoms. The van der Waals surface area contributed by atoms with E-state index in [1.165, 1.54) is 33.1 Å². The first-order valence-corrected chi connectivity index (χ1v) is 12.8. The number of anilines is 1. The average molecular weight is 503 g/mol.